The third kappa shape index (κ3) is 2.90. The van der Waals surface area contributed by atoms with Crippen LogP contribution in [0.1, 0.15) is 11.1 Å². The van der Waals surface area contributed by atoms with E-state index in [1.54, 1.807) is 37.6 Å². The molecule has 0 radical (unpaired) electrons. The second kappa shape index (κ2) is 6.55. The Hall–Kier alpha value is -3.28. The van der Waals surface area contributed by atoms with E-state index in [2.05, 4.69) is 15.3 Å². The van der Waals surface area contributed by atoms with Gasteiger partial charge in [0.05, 0.1) is 5.69 Å². The van der Waals surface area contributed by atoms with Crippen LogP contribution in [0, 0.1) is 12.7 Å². The largest absolute Gasteiger partial charge is 0.342 e. The quantitative estimate of drug-likeness (QED) is 0.731. The van der Waals surface area contributed by atoms with Gasteiger partial charge in [-0.05, 0) is 47.9 Å². The van der Waals surface area contributed by atoms with E-state index in [9.17, 15) is 9.18 Å². The molecule has 5 nitrogen and oxygen atoms in total. The van der Waals surface area contributed by atoms with Crippen LogP contribution in [-0.2, 0) is 11.3 Å². The van der Waals surface area contributed by atoms with Crippen molar-refractivity contribution < 1.29 is 9.18 Å². The SMILES string of the molecule is Cc1cc(-c2cnc3c(c2)N(Cc2cccnc2)C(C=O)N3)ccc1F. The smallest absolute Gasteiger partial charge is 0.162 e. The van der Waals surface area contributed by atoms with Crippen molar-refractivity contribution in [1.82, 2.24) is 9.97 Å². The Kier molecular flexibility index (Phi) is 4.08. The highest BCUT2D eigenvalue weighted by molar-refractivity contribution is 5.85. The Morgan fingerprint density at radius 1 is 1.23 bits per heavy atom. The molecular weight excluding hydrogens is 331 g/mol. The molecule has 0 fully saturated rings. The normalized spacial score (nSPS) is 15.5. The van der Waals surface area contributed by atoms with Crippen molar-refractivity contribution in [2.24, 2.45) is 0 Å². The lowest BCUT2D eigenvalue weighted by Gasteiger charge is -2.22. The molecule has 1 unspecified atom stereocenters. The van der Waals surface area contributed by atoms with Crippen molar-refractivity contribution in [2.75, 3.05) is 10.2 Å². The molecule has 130 valence electrons. The summed E-state index contributed by atoms with van der Waals surface area (Å²) in [7, 11) is 0. The maximum Gasteiger partial charge on any atom is 0.162 e. The number of carbonyl (C=O) groups excluding carboxylic acids is 1. The number of hydrogen-bond acceptors (Lipinski definition) is 5. The first-order valence-electron chi connectivity index (χ1n) is 8.29. The molecule has 4 rings (SSSR count). The molecule has 3 aromatic rings. The predicted octanol–water partition coefficient (Wildman–Crippen LogP) is 3.55. The second-order valence-electron chi connectivity index (χ2n) is 6.27. The first kappa shape index (κ1) is 16.2. The molecule has 1 aromatic carbocycles. The van der Waals surface area contributed by atoms with Gasteiger partial charge < -0.3 is 10.2 Å². The van der Waals surface area contributed by atoms with Gasteiger partial charge in [0.25, 0.3) is 0 Å². The standard InChI is InChI=1S/C20H17FN4O/c1-13-7-15(4-5-17(13)21)16-8-18-20(23-10-16)24-19(12-26)25(18)11-14-3-2-6-22-9-14/h2-10,12,19H,11H2,1H3,(H,23,24). The van der Waals surface area contributed by atoms with Crippen molar-refractivity contribution in [1.29, 1.82) is 0 Å². The second-order valence-corrected chi connectivity index (χ2v) is 6.27. The highest BCUT2D eigenvalue weighted by atomic mass is 19.1. The molecule has 0 saturated carbocycles. The van der Waals surface area contributed by atoms with E-state index >= 15 is 0 Å². The van der Waals surface area contributed by atoms with Crippen LogP contribution in [0.5, 0.6) is 0 Å². The van der Waals surface area contributed by atoms with E-state index < -0.39 is 6.17 Å². The Balaban J connectivity index is 1.72. The zero-order valence-electron chi connectivity index (χ0n) is 14.2. The third-order valence-corrected chi connectivity index (χ3v) is 4.49. The van der Waals surface area contributed by atoms with Crippen molar-refractivity contribution in [3.8, 4) is 11.1 Å². The zero-order chi connectivity index (χ0) is 18.1. The molecule has 0 aliphatic carbocycles. The molecule has 1 atom stereocenters. The number of aldehydes is 1. The number of nitrogens with zero attached hydrogens (tertiary/aromatic N) is 3. The Morgan fingerprint density at radius 3 is 2.85 bits per heavy atom. The molecular formula is C20H17FN4O. The van der Waals surface area contributed by atoms with Crippen molar-refractivity contribution in [3.63, 3.8) is 0 Å². The van der Waals surface area contributed by atoms with Gasteiger partial charge in [-0.2, -0.15) is 0 Å². The van der Waals surface area contributed by atoms with Gasteiger partial charge in [0, 0.05) is 30.7 Å². The minimum Gasteiger partial charge on any atom is -0.342 e. The van der Waals surface area contributed by atoms with E-state index in [-0.39, 0.29) is 5.82 Å². The summed E-state index contributed by atoms with van der Waals surface area (Å²) < 4.78 is 13.6. The van der Waals surface area contributed by atoms with Crippen LogP contribution in [0.3, 0.4) is 0 Å². The topological polar surface area (TPSA) is 58.1 Å². The predicted molar refractivity (Wildman–Crippen MR) is 98.3 cm³/mol. The highest BCUT2D eigenvalue weighted by Crippen LogP contribution is 2.36. The van der Waals surface area contributed by atoms with Crippen LogP contribution in [0.4, 0.5) is 15.9 Å². The zero-order valence-corrected chi connectivity index (χ0v) is 14.2. The lowest BCUT2D eigenvalue weighted by molar-refractivity contribution is -0.108. The number of anilines is 2. The van der Waals surface area contributed by atoms with E-state index in [1.807, 2.05) is 23.1 Å². The first-order chi connectivity index (χ1) is 12.7. The molecule has 2 aromatic heterocycles. The van der Waals surface area contributed by atoms with Gasteiger partial charge in [0.15, 0.2) is 18.3 Å². The number of nitrogens with one attached hydrogen (secondary N) is 1. The number of carbonyl (C=O) groups is 1. The molecule has 26 heavy (non-hydrogen) atoms. The maximum absolute atomic E-state index is 13.6. The summed E-state index contributed by atoms with van der Waals surface area (Å²) in [4.78, 5) is 22.1. The number of pyridine rings is 2. The maximum atomic E-state index is 13.6. The monoisotopic (exact) mass is 348 g/mol. The summed E-state index contributed by atoms with van der Waals surface area (Å²) >= 11 is 0. The van der Waals surface area contributed by atoms with E-state index in [4.69, 9.17) is 0 Å². The van der Waals surface area contributed by atoms with Crippen molar-refractivity contribution in [2.45, 2.75) is 19.6 Å². The molecule has 0 bridgehead atoms. The van der Waals surface area contributed by atoms with E-state index in [0.29, 0.717) is 17.9 Å². The fraction of sp³-hybridized carbons (Fsp3) is 0.150. The van der Waals surface area contributed by atoms with Crippen LogP contribution in [0.15, 0.2) is 55.0 Å². The van der Waals surface area contributed by atoms with E-state index in [0.717, 1.165) is 28.7 Å². The molecule has 6 heteroatoms. The highest BCUT2D eigenvalue weighted by Gasteiger charge is 2.29. The summed E-state index contributed by atoms with van der Waals surface area (Å²) in [6.07, 6.45) is 5.60. The Morgan fingerprint density at radius 2 is 2.12 bits per heavy atom. The lowest BCUT2D eigenvalue weighted by atomic mass is 10.0. The van der Waals surface area contributed by atoms with E-state index in [1.165, 1.54) is 6.07 Å². The number of benzene rings is 1. The van der Waals surface area contributed by atoms with Gasteiger partial charge >= 0.3 is 0 Å². The van der Waals surface area contributed by atoms with Gasteiger partial charge in [-0.15, -0.1) is 0 Å². The first-order valence-corrected chi connectivity index (χ1v) is 8.29. The van der Waals surface area contributed by atoms with Crippen LogP contribution in [0.25, 0.3) is 11.1 Å². The summed E-state index contributed by atoms with van der Waals surface area (Å²) in [6.45, 7) is 2.27. The fourth-order valence-electron chi connectivity index (χ4n) is 3.11. The molecule has 3 heterocycles. The average molecular weight is 348 g/mol. The minimum absolute atomic E-state index is 0.233. The van der Waals surface area contributed by atoms with Crippen LogP contribution in [-0.4, -0.2) is 22.4 Å². The number of aromatic nitrogens is 2. The molecule has 1 aliphatic heterocycles. The average Bonchev–Trinajstić information content (AvgIpc) is 3.02. The van der Waals surface area contributed by atoms with Gasteiger partial charge in [0.2, 0.25) is 0 Å². The van der Waals surface area contributed by atoms with Gasteiger partial charge in [-0.25, -0.2) is 9.37 Å². The van der Waals surface area contributed by atoms with Crippen LogP contribution >= 0.6 is 0 Å². The van der Waals surface area contributed by atoms with Crippen LogP contribution in [0.2, 0.25) is 0 Å². The summed E-state index contributed by atoms with van der Waals surface area (Å²) in [6, 6.07) is 10.8. The number of aryl methyl sites for hydroxylation is 1. The van der Waals surface area contributed by atoms with Gasteiger partial charge in [-0.3, -0.25) is 9.78 Å². The van der Waals surface area contributed by atoms with Crippen LogP contribution < -0.4 is 10.2 Å². The lowest BCUT2D eigenvalue weighted by Crippen LogP contribution is -2.36. The van der Waals surface area contributed by atoms with Crippen molar-refractivity contribution in [3.05, 3.63) is 71.9 Å². The van der Waals surface area contributed by atoms with Crippen molar-refractivity contribution >= 4 is 17.8 Å². The Labute approximate surface area is 150 Å². The summed E-state index contributed by atoms with van der Waals surface area (Å²) in [5.74, 6) is 0.428. The molecule has 1 N–H and O–H groups in total. The van der Waals surface area contributed by atoms with Gasteiger partial charge in [0.1, 0.15) is 5.82 Å². The number of halogens is 1. The summed E-state index contributed by atoms with van der Waals surface area (Å²) in [5, 5.41) is 3.12. The fourth-order valence-corrected chi connectivity index (χ4v) is 3.11. The third-order valence-electron chi connectivity index (χ3n) is 4.49. The molecule has 0 saturated heterocycles. The van der Waals surface area contributed by atoms with Gasteiger partial charge in [-0.1, -0.05) is 12.1 Å². The Bertz CT molecular complexity index is 961. The number of hydrogen-bond donors (Lipinski definition) is 1. The number of rotatable bonds is 4. The molecule has 1 aliphatic rings. The number of fused-ring (bicyclic) bond motifs is 1. The summed E-state index contributed by atoms with van der Waals surface area (Å²) in [5.41, 5.74) is 4.17. The molecule has 0 spiro atoms. The minimum atomic E-state index is -0.483. The molecule has 0 amide bonds.